The van der Waals surface area contributed by atoms with Crippen molar-refractivity contribution in [3.05, 3.63) is 37.2 Å². The minimum Gasteiger partial charge on any atom is -0.382 e. The average molecular weight is 380 g/mol. The standard InChI is InChI=1S/C11H12Br2N2OS/c1-6(2)15-10(8(12)4-14-15)11(16)7-3-9(13)17-5-7/h3-6,11,16H,1-2H3. The SMILES string of the molecule is CC(C)n1ncc(Br)c1C(O)c1csc(Br)c1. The van der Waals surface area contributed by atoms with Gasteiger partial charge in [-0.3, -0.25) is 4.68 Å². The quantitative estimate of drug-likeness (QED) is 0.870. The zero-order chi connectivity index (χ0) is 12.6. The molecule has 2 aromatic rings. The van der Waals surface area contributed by atoms with E-state index in [-0.39, 0.29) is 6.04 Å². The number of hydrogen-bond donors (Lipinski definition) is 1. The Morgan fingerprint density at radius 3 is 2.65 bits per heavy atom. The zero-order valence-corrected chi connectivity index (χ0v) is 13.4. The van der Waals surface area contributed by atoms with Gasteiger partial charge in [-0.05, 0) is 62.7 Å². The summed E-state index contributed by atoms with van der Waals surface area (Å²) in [5.41, 5.74) is 1.68. The highest BCUT2D eigenvalue weighted by Gasteiger charge is 2.21. The first-order chi connectivity index (χ1) is 8.00. The highest BCUT2D eigenvalue weighted by atomic mass is 79.9. The zero-order valence-electron chi connectivity index (χ0n) is 9.39. The summed E-state index contributed by atoms with van der Waals surface area (Å²) in [4.78, 5) is 0. The summed E-state index contributed by atoms with van der Waals surface area (Å²) in [7, 11) is 0. The predicted octanol–water partition coefficient (Wildman–Crippen LogP) is 4.13. The topological polar surface area (TPSA) is 38.0 Å². The van der Waals surface area contributed by atoms with E-state index in [1.54, 1.807) is 17.5 Å². The Balaban J connectivity index is 2.43. The van der Waals surface area contributed by atoms with Crippen LogP contribution in [0.15, 0.2) is 25.9 Å². The van der Waals surface area contributed by atoms with Gasteiger partial charge >= 0.3 is 0 Å². The molecule has 0 amide bonds. The molecule has 1 N–H and O–H groups in total. The van der Waals surface area contributed by atoms with Crippen LogP contribution < -0.4 is 0 Å². The fourth-order valence-electron chi connectivity index (χ4n) is 1.64. The van der Waals surface area contributed by atoms with Gasteiger partial charge in [-0.15, -0.1) is 11.3 Å². The molecule has 1 atom stereocenters. The molecule has 0 aliphatic rings. The lowest BCUT2D eigenvalue weighted by Gasteiger charge is -2.15. The second-order valence-electron chi connectivity index (χ2n) is 4.00. The van der Waals surface area contributed by atoms with E-state index in [0.717, 1.165) is 19.5 Å². The van der Waals surface area contributed by atoms with Crippen LogP contribution in [0.3, 0.4) is 0 Å². The van der Waals surface area contributed by atoms with Crippen LogP contribution in [0, 0.1) is 0 Å². The minimum absolute atomic E-state index is 0.216. The molecule has 0 saturated heterocycles. The first-order valence-corrected chi connectivity index (χ1v) is 7.62. The van der Waals surface area contributed by atoms with Crippen molar-refractivity contribution in [1.82, 2.24) is 9.78 Å². The molecule has 17 heavy (non-hydrogen) atoms. The maximum Gasteiger partial charge on any atom is 0.123 e. The van der Waals surface area contributed by atoms with Crippen LogP contribution in [0.5, 0.6) is 0 Å². The summed E-state index contributed by atoms with van der Waals surface area (Å²) in [5.74, 6) is 0. The Morgan fingerprint density at radius 2 is 2.12 bits per heavy atom. The Hall–Kier alpha value is -0.170. The van der Waals surface area contributed by atoms with E-state index in [9.17, 15) is 5.11 Å². The number of aliphatic hydroxyl groups is 1. The molecule has 0 spiro atoms. The first-order valence-electron chi connectivity index (χ1n) is 5.15. The summed E-state index contributed by atoms with van der Waals surface area (Å²) < 4.78 is 3.68. The number of nitrogens with zero attached hydrogens (tertiary/aromatic N) is 2. The van der Waals surface area contributed by atoms with E-state index in [4.69, 9.17) is 0 Å². The third-order valence-corrected chi connectivity index (χ3v) is 4.57. The van der Waals surface area contributed by atoms with Crippen LogP contribution in [0.4, 0.5) is 0 Å². The van der Waals surface area contributed by atoms with Gasteiger partial charge in [0.15, 0.2) is 0 Å². The Morgan fingerprint density at radius 1 is 1.41 bits per heavy atom. The van der Waals surface area contributed by atoms with Crippen molar-refractivity contribution in [3.8, 4) is 0 Å². The van der Waals surface area contributed by atoms with Crippen LogP contribution in [0.2, 0.25) is 0 Å². The van der Waals surface area contributed by atoms with E-state index in [1.165, 1.54) is 0 Å². The molecule has 2 aromatic heterocycles. The molecule has 1 unspecified atom stereocenters. The summed E-state index contributed by atoms with van der Waals surface area (Å²) in [6.07, 6.45) is 1.07. The maximum absolute atomic E-state index is 10.4. The summed E-state index contributed by atoms with van der Waals surface area (Å²) in [6, 6.07) is 2.15. The average Bonchev–Trinajstić information content (AvgIpc) is 2.83. The maximum atomic E-state index is 10.4. The van der Waals surface area contributed by atoms with Crippen LogP contribution in [-0.2, 0) is 0 Å². The van der Waals surface area contributed by atoms with E-state index < -0.39 is 6.10 Å². The van der Waals surface area contributed by atoms with Crippen molar-refractivity contribution in [1.29, 1.82) is 0 Å². The number of thiophene rings is 1. The predicted molar refractivity (Wildman–Crippen MR) is 76.4 cm³/mol. The Kier molecular flexibility index (Phi) is 4.07. The van der Waals surface area contributed by atoms with Crippen LogP contribution in [0.25, 0.3) is 0 Å². The monoisotopic (exact) mass is 378 g/mol. The number of aliphatic hydroxyl groups excluding tert-OH is 1. The smallest absolute Gasteiger partial charge is 0.123 e. The van der Waals surface area contributed by atoms with Gasteiger partial charge in [0.05, 0.1) is 20.1 Å². The molecule has 2 rings (SSSR count). The fraction of sp³-hybridized carbons (Fsp3) is 0.364. The van der Waals surface area contributed by atoms with Crippen molar-refractivity contribution in [3.63, 3.8) is 0 Å². The van der Waals surface area contributed by atoms with Crippen LogP contribution >= 0.6 is 43.2 Å². The summed E-state index contributed by atoms with van der Waals surface area (Å²) in [6.45, 7) is 4.08. The van der Waals surface area contributed by atoms with Crippen molar-refractivity contribution < 1.29 is 5.11 Å². The highest BCUT2D eigenvalue weighted by molar-refractivity contribution is 9.11. The summed E-state index contributed by atoms with van der Waals surface area (Å²) >= 11 is 8.40. The molecule has 2 heterocycles. The molecule has 0 bridgehead atoms. The van der Waals surface area contributed by atoms with Gasteiger partial charge in [0, 0.05) is 6.04 Å². The summed E-state index contributed by atoms with van der Waals surface area (Å²) in [5, 5.41) is 16.6. The lowest BCUT2D eigenvalue weighted by molar-refractivity contribution is 0.204. The molecular formula is C11H12Br2N2OS. The number of aromatic nitrogens is 2. The van der Waals surface area contributed by atoms with Crippen molar-refractivity contribution in [2.24, 2.45) is 0 Å². The highest BCUT2D eigenvalue weighted by Crippen LogP contribution is 2.33. The van der Waals surface area contributed by atoms with Gasteiger partial charge in [-0.1, -0.05) is 0 Å². The normalized spacial score (nSPS) is 13.3. The van der Waals surface area contributed by atoms with E-state index in [2.05, 4.69) is 37.0 Å². The second kappa shape index (κ2) is 5.22. The molecule has 0 aromatic carbocycles. The third kappa shape index (κ3) is 2.65. The molecule has 0 saturated carbocycles. The van der Waals surface area contributed by atoms with Gasteiger partial charge in [0.2, 0.25) is 0 Å². The minimum atomic E-state index is -0.656. The number of halogens is 2. The lowest BCUT2D eigenvalue weighted by atomic mass is 10.1. The fourth-order valence-corrected chi connectivity index (χ4v) is 3.33. The van der Waals surface area contributed by atoms with Crippen molar-refractivity contribution in [2.45, 2.75) is 26.0 Å². The van der Waals surface area contributed by atoms with Gasteiger partial charge < -0.3 is 5.11 Å². The first kappa shape index (κ1) is 13.3. The van der Waals surface area contributed by atoms with E-state index >= 15 is 0 Å². The second-order valence-corrected chi connectivity index (χ2v) is 7.15. The van der Waals surface area contributed by atoms with E-state index in [1.807, 2.05) is 30.0 Å². The Bertz CT molecular complexity index is 521. The number of rotatable bonds is 3. The molecule has 0 fully saturated rings. The van der Waals surface area contributed by atoms with Crippen molar-refractivity contribution in [2.75, 3.05) is 0 Å². The Labute approximate surface area is 121 Å². The molecule has 0 radical (unpaired) electrons. The molecule has 0 aliphatic heterocycles. The van der Waals surface area contributed by atoms with Crippen LogP contribution in [-0.4, -0.2) is 14.9 Å². The molecule has 92 valence electrons. The molecule has 3 nitrogen and oxygen atoms in total. The van der Waals surface area contributed by atoms with Gasteiger partial charge in [0.25, 0.3) is 0 Å². The third-order valence-electron chi connectivity index (χ3n) is 2.44. The number of hydrogen-bond acceptors (Lipinski definition) is 3. The molecule has 6 heteroatoms. The van der Waals surface area contributed by atoms with Crippen LogP contribution in [0.1, 0.15) is 37.3 Å². The van der Waals surface area contributed by atoms with Gasteiger partial charge in [-0.2, -0.15) is 5.10 Å². The van der Waals surface area contributed by atoms with Crippen molar-refractivity contribution >= 4 is 43.2 Å². The molecule has 0 aliphatic carbocycles. The van der Waals surface area contributed by atoms with Gasteiger partial charge in [0.1, 0.15) is 6.10 Å². The van der Waals surface area contributed by atoms with E-state index in [0.29, 0.717) is 0 Å². The largest absolute Gasteiger partial charge is 0.382 e. The lowest BCUT2D eigenvalue weighted by Crippen LogP contribution is -2.12. The molecular weight excluding hydrogens is 368 g/mol. The van der Waals surface area contributed by atoms with Gasteiger partial charge in [-0.25, -0.2) is 0 Å².